The minimum atomic E-state index is -3.82. The first-order chi connectivity index (χ1) is 9.59. The Bertz CT molecular complexity index is 788. The van der Waals surface area contributed by atoms with E-state index in [1.807, 2.05) is 25.5 Å². The Hall–Kier alpha value is -1.51. The average molecular weight is 328 g/mol. The number of carbonyl (C=O) groups is 1. The molecule has 1 heterocycles. The number of thiazole rings is 1. The van der Waals surface area contributed by atoms with Crippen molar-refractivity contribution in [2.45, 2.75) is 31.1 Å². The van der Waals surface area contributed by atoms with Crippen molar-refractivity contribution in [3.63, 3.8) is 0 Å². The van der Waals surface area contributed by atoms with Gasteiger partial charge in [0, 0.05) is 5.41 Å². The second-order valence-electron chi connectivity index (χ2n) is 5.62. The number of carboxylic acids is 1. The number of aromatic nitrogens is 1. The third-order valence-electron chi connectivity index (χ3n) is 2.73. The van der Waals surface area contributed by atoms with Crippen molar-refractivity contribution in [2.75, 3.05) is 6.54 Å². The van der Waals surface area contributed by atoms with Crippen LogP contribution in [0.4, 0.5) is 0 Å². The number of hydrogen-bond donors (Lipinski definition) is 2. The van der Waals surface area contributed by atoms with Crippen LogP contribution in [0.15, 0.2) is 23.1 Å². The highest BCUT2D eigenvalue weighted by atomic mass is 32.2. The van der Waals surface area contributed by atoms with E-state index in [1.54, 1.807) is 6.07 Å². The van der Waals surface area contributed by atoms with Gasteiger partial charge in [-0.2, -0.15) is 4.72 Å². The smallest absolute Gasteiger partial charge is 0.318 e. The highest BCUT2D eigenvalue weighted by molar-refractivity contribution is 7.89. The molecule has 0 saturated carbocycles. The maximum atomic E-state index is 12.0. The van der Waals surface area contributed by atoms with Crippen molar-refractivity contribution >= 4 is 37.5 Å². The van der Waals surface area contributed by atoms with E-state index in [9.17, 15) is 13.2 Å². The molecule has 0 aliphatic carbocycles. The molecule has 0 fully saturated rings. The first-order valence-electron chi connectivity index (χ1n) is 6.22. The normalized spacial score (nSPS) is 12.7. The van der Waals surface area contributed by atoms with Crippen molar-refractivity contribution in [3.05, 3.63) is 23.2 Å². The molecular weight excluding hydrogens is 312 g/mol. The Morgan fingerprint density at radius 2 is 2.05 bits per heavy atom. The lowest BCUT2D eigenvalue weighted by Gasteiger charge is -2.13. The molecule has 21 heavy (non-hydrogen) atoms. The second kappa shape index (κ2) is 5.36. The minimum absolute atomic E-state index is 0.0420. The molecular formula is C13H16N2O4S2. The van der Waals surface area contributed by atoms with Gasteiger partial charge in [0.1, 0.15) is 6.54 Å². The third kappa shape index (κ3) is 3.58. The Morgan fingerprint density at radius 1 is 1.38 bits per heavy atom. The predicted molar refractivity (Wildman–Crippen MR) is 81.1 cm³/mol. The summed E-state index contributed by atoms with van der Waals surface area (Å²) in [5, 5.41) is 9.48. The van der Waals surface area contributed by atoms with Gasteiger partial charge in [0.05, 0.1) is 20.1 Å². The van der Waals surface area contributed by atoms with Crippen LogP contribution in [0, 0.1) is 0 Å². The maximum Gasteiger partial charge on any atom is 0.318 e. The van der Waals surface area contributed by atoms with E-state index in [0.717, 1.165) is 15.2 Å². The molecule has 0 saturated heterocycles. The van der Waals surface area contributed by atoms with Gasteiger partial charge in [0.25, 0.3) is 0 Å². The standard InChI is InChI=1S/C13H16N2O4S2/c1-13(2,3)12-15-9-5-4-8(6-10(9)20-12)21(18,19)14-7-11(16)17/h4-6,14H,7H2,1-3H3,(H,16,17). The van der Waals surface area contributed by atoms with Crippen molar-refractivity contribution in [1.82, 2.24) is 9.71 Å². The fourth-order valence-corrected chi connectivity index (χ4v) is 3.77. The van der Waals surface area contributed by atoms with E-state index in [1.165, 1.54) is 23.5 Å². The predicted octanol–water partition coefficient (Wildman–Crippen LogP) is 1.96. The van der Waals surface area contributed by atoms with Crippen LogP contribution in [-0.4, -0.2) is 31.0 Å². The first-order valence-corrected chi connectivity index (χ1v) is 8.52. The second-order valence-corrected chi connectivity index (χ2v) is 8.41. The quantitative estimate of drug-likeness (QED) is 0.894. The molecule has 0 unspecified atom stereocenters. The molecule has 0 atom stereocenters. The fraction of sp³-hybridized carbons (Fsp3) is 0.385. The van der Waals surface area contributed by atoms with Crippen LogP contribution in [0.25, 0.3) is 10.2 Å². The summed E-state index contributed by atoms with van der Waals surface area (Å²) >= 11 is 1.44. The number of hydrogen-bond acceptors (Lipinski definition) is 5. The van der Waals surface area contributed by atoms with Crippen LogP contribution in [0.1, 0.15) is 25.8 Å². The summed E-state index contributed by atoms with van der Waals surface area (Å²) < 4.78 is 26.8. The molecule has 0 aliphatic heterocycles. The lowest BCUT2D eigenvalue weighted by Crippen LogP contribution is -2.29. The monoisotopic (exact) mass is 328 g/mol. The highest BCUT2D eigenvalue weighted by Crippen LogP contribution is 2.32. The molecule has 2 aromatic rings. The zero-order valence-corrected chi connectivity index (χ0v) is 13.5. The van der Waals surface area contributed by atoms with Gasteiger partial charge >= 0.3 is 5.97 Å². The summed E-state index contributed by atoms with van der Waals surface area (Å²) in [6.45, 7) is 5.47. The zero-order valence-electron chi connectivity index (χ0n) is 11.9. The van der Waals surface area contributed by atoms with Crippen molar-refractivity contribution in [1.29, 1.82) is 0 Å². The van der Waals surface area contributed by atoms with Crippen molar-refractivity contribution < 1.29 is 18.3 Å². The number of sulfonamides is 1. The number of carboxylic acid groups (broad SMARTS) is 1. The first kappa shape index (κ1) is 15.9. The van der Waals surface area contributed by atoms with E-state index in [4.69, 9.17) is 5.11 Å². The van der Waals surface area contributed by atoms with Crippen LogP contribution in [0.5, 0.6) is 0 Å². The molecule has 2 N–H and O–H groups in total. The molecule has 1 aromatic carbocycles. The van der Waals surface area contributed by atoms with Crippen LogP contribution in [0.2, 0.25) is 0 Å². The van der Waals surface area contributed by atoms with Gasteiger partial charge in [0.15, 0.2) is 0 Å². The molecule has 0 radical (unpaired) electrons. The molecule has 0 aliphatic rings. The summed E-state index contributed by atoms with van der Waals surface area (Å²) in [5.41, 5.74) is 0.631. The van der Waals surface area contributed by atoms with E-state index < -0.39 is 22.5 Å². The Kier molecular flexibility index (Phi) is 4.05. The van der Waals surface area contributed by atoms with Gasteiger partial charge in [-0.3, -0.25) is 4.79 Å². The van der Waals surface area contributed by atoms with E-state index in [0.29, 0.717) is 0 Å². The van der Waals surface area contributed by atoms with Crippen molar-refractivity contribution in [3.8, 4) is 0 Å². The third-order valence-corrected chi connectivity index (χ3v) is 5.57. The number of aliphatic carboxylic acids is 1. The molecule has 0 spiro atoms. The number of nitrogens with zero attached hydrogens (tertiary/aromatic N) is 1. The van der Waals surface area contributed by atoms with Gasteiger partial charge in [0.2, 0.25) is 10.0 Å². The largest absolute Gasteiger partial charge is 0.480 e. The summed E-state index contributed by atoms with van der Waals surface area (Å²) in [6.07, 6.45) is 0. The minimum Gasteiger partial charge on any atom is -0.480 e. The molecule has 114 valence electrons. The van der Waals surface area contributed by atoms with Gasteiger partial charge in [-0.15, -0.1) is 11.3 Å². The van der Waals surface area contributed by atoms with Gasteiger partial charge < -0.3 is 5.11 Å². The summed E-state index contributed by atoms with van der Waals surface area (Å²) in [6, 6.07) is 4.58. The van der Waals surface area contributed by atoms with Crippen LogP contribution < -0.4 is 4.72 Å². The molecule has 2 rings (SSSR count). The number of nitrogens with one attached hydrogen (secondary N) is 1. The molecule has 6 nitrogen and oxygen atoms in total. The Balaban J connectivity index is 2.41. The SMILES string of the molecule is CC(C)(C)c1nc2ccc(S(=O)(=O)NCC(=O)O)cc2s1. The maximum absolute atomic E-state index is 12.0. The number of benzene rings is 1. The molecule has 1 aromatic heterocycles. The Labute approximate surface area is 126 Å². The topological polar surface area (TPSA) is 96.4 Å². The highest BCUT2D eigenvalue weighted by Gasteiger charge is 2.21. The lowest BCUT2D eigenvalue weighted by molar-refractivity contribution is -0.135. The van der Waals surface area contributed by atoms with E-state index >= 15 is 0 Å². The summed E-state index contributed by atoms with van der Waals surface area (Å²) in [4.78, 5) is 15.0. The lowest BCUT2D eigenvalue weighted by atomic mass is 9.98. The van der Waals surface area contributed by atoms with E-state index in [2.05, 4.69) is 4.98 Å². The average Bonchev–Trinajstić information content (AvgIpc) is 2.79. The van der Waals surface area contributed by atoms with Crippen LogP contribution >= 0.6 is 11.3 Å². The number of rotatable bonds is 4. The summed E-state index contributed by atoms with van der Waals surface area (Å²) in [7, 11) is -3.82. The van der Waals surface area contributed by atoms with Gasteiger partial charge in [-0.1, -0.05) is 20.8 Å². The van der Waals surface area contributed by atoms with Crippen LogP contribution in [0.3, 0.4) is 0 Å². The molecule has 0 amide bonds. The number of fused-ring (bicyclic) bond motifs is 1. The molecule has 8 heteroatoms. The summed E-state index contributed by atoms with van der Waals surface area (Å²) in [5.74, 6) is -1.23. The molecule has 0 bridgehead atoms. The van der Waals surface area contributed by atoms with Crippen molar-refractivity contribution in [2.24, 2.45) is 0 Å². The zero-order chi connectivity index (χ0) is 15.8. The van der Waals surface area contributed by atoms with Gasteiger partial charge in [-0.25, -0.2) is 13.4 Å². The van der Waals surface area contributed by atoms with Gasteiger partial charge in [-0.05, 0) is 18.2 Å². The Morgan fingerprint density at radius 3 is 2.62 bits per heavy atom. The fourth-order valence-electron chi connectivity index (χ4n) is 1.63. The van der Waals surface area contributed by atoms with Crippen LogP contribution in [-0.2, 0) is 20.2 Å². The van der Waals surface area contributed by atoms with E-state index in [-0.39, 0.29) is 10.3 Å².